The van der Waals surface area contributed by atoms with Crippen LogP contribution in [0.5, 0.6) is 0 Å². The van der Waals surface area contributed by atoms with Crippen molar-refractivity contribution in [2.75, 3.05) is 32.4 Å². The fourth-order valence-corrected chi connectivity index (χ4v) is 2.63. The number of likely N-dealkylation sites (N-methyl/N-ethyl adjacent to an activating group) is 2. The van der Waals surface area contributed by atoms with Gasteiger partial charge in [0.1, 0.15) is 0 Å². The van der Waals surface area contributed by atoms with Gasteiger partial charge in [-0.1, -0.05) is 11.8 Å². The predicted octanol–water partition coefficient (Wildman–Crippen LogP) is 2.52. The van der Waals surface area contributed by atoms with Gasteiger partial charge in [0.25, 0.3) is 0 Å². The van der Waals surface area contributed by atoms with Gasteiger partial charge in [0.05, 0.1) is 22.9 Å². The third kappa shape index (κ3) is 6.03. The van der Waals surface area contributed by atoms with E-state index in [9.17, 15) is 22.8 Å². The molecule has 0 aromatic carbocycles. The molecule has 0 spiro atoms. The summed E-state index contributed by atoms with van der Waals surface area (Å²) in [5.74, 6) is -0.434. The average Bonchev–Trinajstić information content (AvgIpc) is 2.53. The van der Waals surface area contributed by atoms with Gasteiger partial charge in [-0.3, -0.25) is 9.59 Å². The highest BCUT2D eigenvalue weighted by Gasteiger charge is 2.30. The van der Waals surface area contributed by atoms with Crippen LogP contribution in [0.25, 0.3) is 0 Å². The van der Waals surface area contributed by atoms with Crippen molar-refractivity contribution in [2.45, 2.75) is 25.0 Å². The van der Waals surface area contributed by atoms with Gasteiger partial charge in [0.15, 0.2) is 0 Å². The highest BCUT2D eigenvalue weighted by molar-refractivity contribution is 7.99. The first-order valence-corrected chi connectivity index (χ1v) is 8.35. The van der Waals surface area contributed by atoms with E-state index in [1.165, 1.54) is 18.0 Å². The summed E-state index contributed by atoms with van der Waals surface area (Å²) in [4.78, 5) is 30.5. The van der Waals surface area contributed by atoms with E-state index in [0.29, 0.717) is 18.1 Å². The Kier molecular flexibility index (Phi) is 7.53. The minimum Gasteiger partial charge on any atom is -0.342 e. The third-order valence-corrected chi connectivity index (χ3v) is 4.25. The molecule has 0 unspecified atom stereocenters. The van der Waals surface area contributed by atoms with Crippen LogP contribution in [0.3, 0.4) is 0 Å². The molecule has 0 fully saturated rings. The fraction of sp³-hybridized carbons (Fsp3) is 0.533. The van der Waals surface area contributed by atoms with E-state index >= 15 is 0 Å². The maximum Gasteiger partial charge on any atom is 0.417 e. The SMILES string of the molecule is CCN(CC)C(=O)CN(C)C(=O)CSc1ccc(C(F)(F)F)cn1. The van der Waals surface area contributed by atoms with Gasteiger partial charge < -0.3 is 9.80 Å². The summed E-state index contributed by atoms with van der Waals surface area (Å²) >= 11 is 1.03. The van der Waals surface area contributed by atoms with E-state index in [2.05, 4.69) is 4.98 Å². The average molecular weight is 363 g/mol. The topological polar surface area (TPSA) is 53.5 Å². The number of aromatic nitrogens is 1. The Morgan fingerprint density at radius 2 is 1.79 bits per heavy atom. The van der Waals surface area contributed by atoms with Gasteiger partial charge in [-0.2, -0.15) is 13.2 Å². The lowest BCUT2D eigenvalue weighted by molar-refractivity contribution is -0.138. The number of alkyl halides is 3. The van der Waals surface area contributed by atoms with E-state index in [1.54, 1.807) is 4.90 Å². The Labute approximate surface area is 143 Å². The number of amides is 2. The molecule has 0 N–H and O–H groups in total. The smallest absolute Gasteiger partial charge is 0.342 e. The zero-order chi connectivity index (χ0) is 18.3. The molecule has 0 aliphatic rings. The van der Waals surface area contributed by atoms with Crippen molar-refractivity contribution in [2.24, 2.45) is 0 Å². The van der Waals surface area contributed by atoms with E-state index in [4.69, 9.17) is 0 Å². The molecule has 24 heavy (non-hydrogen) atoms. The minimum absolute atomic E-state index is 0.000391. The van der Waals surface area contributed by atoms with Crippen LogP contribution in [0.15, 0.2) is 23.4 Å². The molecular weight excluding hydrogens is 343 g/mol. The van der Waals surface area contributed by atoms with Crippen LogP contribution in [-0.2, 0) is 15.8 Å². The molecule has 9 heteroatoms. The molecule has 5 nitrogen and oxygen atoms in total. The number of halogens is 3. The van der Waals surface area contributed by atoms with Gasteiger partial charge in [-0.15, -0.1) is 0 Å². The zero-order valence-corrected chi connectivity index (χ0v) is 14.6. The Hall–Kier alpha value is -1.77. The second-order valence-corrected chi connectivity index (χ2v) is 5.98. The first-order chi connectivity index (χ1) is 11.2. The Bertz CT molecular complexity index is 560. The lowest BCUT2D eigenvalue weighted by Gasteiger charge is -2.23. The predicted molar refractivity (Wildman–Crippen MR) is 85.5 cm³/mol. The van der Waals surface area contributed by atoms with E-state index in [-0.39, 0.29) is 24.1 Å². The van der Waals surface area contributed by atoms with Crippen molar-refractivity contribution in [3.05, 3.63) is 23.9 Å². The first kappa shape index (κ1) is 20.3. The minimum atomic E-state index is -4.43. The van der Waals surface area contributed by atoms with Gasteiger partial charge >= 0.3 is 6.18 Å². The van der Waals surface area contributed by atoms with E-state index < -0.39 is 11.7 Å². The molecular formula is C15H20F3N3O2S. The molecule has 0 atom stereocenters. The van der Waals surface area contributed by atoms with Crippen LogP contribution >= 0.6 is 11.8 Å². The first-order valence-electron chi connectivity index (χ1n) is 7.36. The van der Waals surface area contributed by atoms with Gasteiger partial charge in [0.2, 0.25) is 11.8 Å². The molecule has 0 bridgehead atoms. The molecule has 0 radical (unpaired) electrons. The second kappa shape index (κ2) is 8.91. The van der Waals surface area contributed by atoms with Crippen molar-refractivity contribution in [1.29, 1.82) is 0 Å². The van der Waals surface area contributed by atoms with Crippen LogP contribution in [0.4, 0.5) is 13.2 Å². The Balaban J connectivity index is 2.52. The number of thioether (sulfide) groups is 1. The fourth-order valence-electron chi connectivity index (χ4n) is 1.85. The largest absolute Gasteiger partial charge is 0.417 e. The van der Waals surface area contributed by atoms with Crippen LogP contribution in [0.1, 0.15) is 19.4 Å². The number of hydrogen-bond donors (Lipinski definition) is 0. The monoisotopic (exact) mass is 363 g/mol. The van der Waals surface area contributed by atoms with Crippen LogP contribution < -0.4 is 0 Å². The molecule has 134 valence electrons. The number of nitrogens with zero attached hydrogens (tertiary/aromatic N) is 3. The molecule has 1 aromatic rings. The maximum atomic E-state index is 12.4. The summed E-state index contributed by atoms with van der Waals surface area (Å²) in [7, 11) is 1.52. The molecule has 0 aliphatic heterocycles. The van der Waals surface area contributed by atoms with Crippen molar-refractivity contribution in [3.8, 4) is 0 Å². The van der Waals surface area contributed by atoms with Gasteiger partial charge in [-0.25, -0.2) is 4.98 Å². The lowest BCUT2D eigenvalue weighted by Crippen LogP contribution is -2.41. The van der Waals surface area contributed by atoms with Crippen LogP contribution in [0, 0.1) is 0 Å². The van der Waals surface area contributed by atoms with Gasteiger partial charge in [-0.05, 0) is 26.0 Å². The summed E-state index contributed by atoms with van der Waals surface area (Å²) in [6.45, 7) is 4.83. The summed E-state index contributed by atoms with van der Waals surface area (Å²) in [5, 5.41) is 0.319. The number of rotatable bonds is 7. The molecule has 2 amide bonds. The number of hydrogen-bond acceptors (Lipinski definition) is 4. The quantitative estimate of drug-likeness (QED) is 0.699. The molecule has 0 saturated heterocycles. The third-order valence-electron chi connectivity index (χ3n) is 3.32. The van der Waals surface area contributed by atoms with Crippen molar-refractivity contribution in [1.82, 2.24) is 14.8 Å². The van der Waals surface area contributed by atoms with Crippen molar-refractivity contribution >= 4 is 23.6 Å². The standard InChI is InChI=1S/C15H20F3N3O2S/c1-4-21(5-2)13(22)9-20(3)14(23)10-24-12-7-6-11(8-19-12)15(16,17)18/h6-8H,4-5,9-10H2,1-3H3. The van der Waals surface area contributed by atoms with Gasteiger partial charge in [0, 0.05) is 26.3 Å². The zero-order valence-electron chi connectivity index (χ0n) is 13.8. The number of carbonyl (C=O) groups excluding carboxylic acids is 2. The Morgan fingerprint density at radius 1 is 1.17 bits per heavy atom. The summed E-state index contributed by atoms with van der Waals surface area (Å²) in [6, 6.07) is 2.15. The number of pyridine rings is 1. The summed E-state index contributed by atoms with van der Waals surface area (Å²) in [6.07, 6.45) is -3.70. The van der Waals surface area contributed by atoms with E-state index in [0.717, 1.165) is 24.0 Å². The highest BCUT2D eigenvalue weighted by atomic mass is 32.2. The van der Waals surface area contributed by atoms with E-state index in [1.807, 2.05) is 13.8 Å². The summed E-state index contributed by atoms with van der Waals surface area (Å²) < 4.78 is 37.3. The molecule has 1 heterocycles. The molecule has 0 aliphatic carbocycles. The molecule has 0 saturated carbocycles. The Morgan fingerprint density at radius 3 is 2.25 bits per heavy atom. The second-order valence-electron chi connectivity index (χ2n) is 4.99. The van der Waals surface area contributed by atoms with Crippen molar-refractivity contribution < 1.29 is 22.8 Å². The normalized spacial score (nSPS) is 11.2. The van der Waals surface area contributed by atoms with Crippen LogP contribution in [0.2, 0.25) is 0 Å². The lowest BCUT2D eigenvalue weighted by atomic mass is 10.3. The maximum absolute atomic E-state index is 12.4. The van der Waals surface area contributed by atoms with Crippen LogP contribution in [-0.4, -0.2) is 59.0 Å². The molecule has 1 rings (SSSR count). The summed E-state index contributed by atoms with van der Waals surface area (Å²) in [5.41, 5.74) is -0.833. The van der Waals surface area contributed by atoms with Crippen molar-refractivity contribution in [3.63, 3.8) is 0 Å². The number of carbonyl (C=O) groups is 2. The highest BCUT2D eigenvalue weighted by Crippen LogP contribution is 2.29. The molecule has 1 aromatic heterocycles.